The van der Waals surface area contributed by atoms with Crippen LogP contribution in [0.4, 0.5) is 0 Å². The average Bonchev–Trinajstić information content (AvgIpc) is 2.53. The standard InChI is InChI=1S/C16H23N3O3S.ClH/c1-3-19-23(21,22)14-5-4-12(2)15(10-14)16(20)18-11-13-6-8-17-9-7-13;/h4-6,10,17,19H,3,7-9,11H2,1-2H3,(H,18,20);1H. The summed E-state index contributed by atoms with van der Waals surface area (Å²) >= 11 is 0. The van der Waals surface area contributed by atoms with Gasteiger partial charge in [-0.3, -0.25) is 4.79 Å². The van der Waals surface area contributed by atoms with Gasteiger partial charge in [-0.15, -0.1) is 12.4 Å². The molecule has 1 aliphatic rings. The lowest BCUT2D eigenvalue weighted by Crippen LogP contribution is -2.30. The number of carbonyl (C=O) groups excluding carboxylic acids is 1. The van der Waals surface area contributed by atoms with Gasteiger partial charge in [0.25, 0.3) is 5.91 Å². The van der Waals surface area contributed by atoms with Crippen LogP contribution < -0.4 is 15.4 Å². The molecule has 0 spiro atoms. The molecule has 6 nitrogen and oxygen atoms in total. The molecule has 1 heterocycles. The van der Waals surface area contributed by atoms with Crippen molar-refractivity contribution in [3.63, 3.8) is 0 Å². The molecule has 0 radical (unpaired) electrons. The fourth-order valence-electron chi connectivity index (χ4n) is 2.41. The Morgan fingerprint density at radius 1 is 1.33 bits per heavy atom. The second-order valence-electron chi connectivity index (χ2n) is 5.48. The summed E-state index contributed by atoms with van der Waals surface area (Å²) in [7, 11) is -3.57. The molecule has 0 atom stereocenters. The summed E-state index contributed by atoms with van der Waals surface area (Å²) in [5.41, 5.74) is 2.32. The van der Waals surface area contributed by atoms with Gasteiger partial charge in [0.15, 0.2) is 0 Å². The largest absolute Gasteiger partial charge is 0.348 e. The van der Waals surface area contributed by atoms with Crippen molar-refractivity contribution in [2.75, 3.05) is 26.2 Å². The topological polar surface area (TPSA) is 87.3 Å². The van der Waals surface area contributed by atoms with Crippen LogP contribution in [0.3, 0.4) is 0 Å². The van der Waals surface area contributed by atoms with Crippen molar-refractivity contribution in [1.82, 2.24) is 15.4 Å². The third-order valence-corrected chi connectivity index (χ3v) is 5.28. The lowest BCUT2D eigenvalue weighted by molar-refractivity contribution is 0.0956. The van der Waals surface area contributed by atoms with E-state index in [-0.39, 0.29) is 23.2 Å². The highest BCUT2D eigenvalue weighted by atomic mass is 35.5. The fourth-order valence-corrected chi connectivity index (χ4v) is 3.47. The van der Waals surface area contributed by atoms with Crippen LogP contribution in [0.25, 0.3) is 0 Å². The van der Waals surface area contributed by atoms with E-state index in [0.29, 0.717) is 18.7 Å². The van der Waals surface area contributed by atoms with E-state index >= 15 is 0 Å². The van der Waals surface area contributed by atoms with Crippen molar-refractivity contribution in [2.24, 2.45) is 0 Å². The molecule has 1 amide bonds. The molecule has 1 aromatic carbocycles. The molecule has 0 fully saturated rings. The predicted octanol–water partition coefficient (Wildman–Crippen LogP) is 1.36. The first kappa shape index (κ1) is 20.6. The molecule has 0 saturated heterocycles. The van der Waals surface area contributed by atoms with Gasteiger partial charge in [-0.25, -0.2) is 13.1 Å². The average molecular weight is 374 g/mol. The third-order valence-electron chi connectivity index (χ3n) is 3.73. The van der Waals surface area contributed by atoms with E-state index in [1.165, 1.54) is 17.7 Å². The minimum atomic E-state index is -3.57. The van der Waals surface area contributed by atoms with Crippen LogP contribution in [0.5, 0.6) is 0 Å². The van der Waals surface area contributed by atoms with E-state index in [2.05, 4.69) is 21.4 Å². The Morgan fingerprint density at radius 2 is 2.08 bits per heavy atom. The van der Waals surface area contributed by atoms with Gasteiger partial charge < -0.3 is 10.6 Å². The van der Waals surface area contributed by atoms with Crippen molar-refractivity contribution in [1.29, 1.82) is 0 Å². The number of carbonyl (C=O) groups is 1. The summed E-state index contributed by atoms with van der Waals surface area (Å²) < 4.78 is 26.6. The molecule has 0 saturated carbocycles. The van der Waals surface area contributed by atoms with E-state index in [0.717, 1.165) is 25.1 Å². The molecule has 8 heteroatoms. The Balaban J connectivity index is 0.00000288. The van der Waals surface area contributed by atoms with E-state index in [1.807, 2.05) is 0 Å². The maximum atomic E-state index is 12.4. The number of benzene rings is 1. The highest BCUT2D eigenvalue weighted by Crippen LogP contribution is 2.16. The number of aryl methyl sites for hydroxylation is 1. The van der Waals surface area contributed by atoms with Gasteiger partial charge in [0.1, 0.15) is 0 Å². The number of sulfonamides is 1. The zero-order valence-corrected chi connectivity index (χ0v) is 15.5. The molecule has 24 heavy (non-hydrogen) atoms. The number of rotatable bonds is 6. The molecule has 0 bridgehead atoms. The summed E-state index contributed by atoms with van der Waals surface area (Å²) in [6.07, 6.45) is 2.98. The highest BCUT2D eigenvalue weighted by molar-refractivity contribution is 7.89. The first-order chi connectivity index (χ1) is 10.9. The molecule has 2 rings (SSSR count). The van der Waals surface area contributed by atoms with E-state index in [1.54, 1.807) is 19.9 Å². The molecule has 0 unspecified atom stereocenters. The number of amides is 1. The Kier molecular flexibility index (Phi) is 7.89. The highest BCUT2D eigenvalue weighted by Gasteiger charge is 2.17. The summed E-state index contributed by atoms with van der Waals surface area (Å²) in [6, 6.07) is 4.60. The summed E-state index contributed by atoms with van der Waals surface area (Å²) in [4.78, 5) is 12.5. The number of hydrogen-bond acceptors (Lipinski definition) is 4. The lowest BCUT2D eigenvalue weighted by Gasteiger charge is -2.15. The molecule has 1 aromatic rings. The van der Waals surface area contributed by atoms with Crippen molar-refractivity contribution < 1.29 is 13.2 Å². The van der Waals surface area contributed by atoms with Crippen molar-refractivity contribution in [3.8, 4) is 0 Å². The maximum absolute atomic E-state index is 12.4. The zero-order valence-electron chi connectivity index (χ0n) is 13.9. The van der Waals surface area contributed by atoms with E-state index in [9.17, 15) is 13.2 Å². The van der Waals surface area contributed by atoms with E-state index < -0.39 is 10.0 Å². The third kappa shape index (κ3) is 5.31. The van der Waals surface area contributed by atoms with Gasteiger partial charge in [-0.2, -0.15) is 0 Å². The monoisotopic (exact) mass is 373 g/mol. The smallest absolute Gasteiger partial charge is 0.251 e. The molecular formula is C16H24ClN3O3S. The fraction of sp³-hybridized carbons (Fsp3) is 0.438. The van der Waals surface area contributed by atoms with Gasteiger partial charge in [0.2, 0.25) is 10.0 Å². The molecule has 0 aliphatic carbocycles. The normalized spacial score (nSPS) is 14.5. The Hall–Kier alpha value is -1.41. The summed E-state index contributed by atoms with van der Waals surface area (Å²) in [6.45, 7) is 6.04. The maximum Gasteiger partial charge on any atom is 0.251 e. The Morgan fingerprint density at radius 3 is 2.71 bits per heavy atom. The minimum Gasteiger partial charge on any atom is -0.348 e. The minimum absolute atomic E-state index is 0. The second kappa shape index (κ2) is 9.17. The summed E-state index contributed by atoms with van der Waals surface area (Å²) in [5.74, 6) is -0.254. The summed E-state index contributed by atoms with van der Waals surface area (Å²) in [5, 5.41) is 6.09. The second-order valence-corrected chi connectivity index (χ2v) is 7.24. The van der Waals surface area contributed by atoms with Gasteiger partial charge in [0.05, 0.1) is 4.90 Å². The van der Waals surface area contributed by atoms with Crippen LogP contribution in [-0.4, -0.2) is 40.5 Å². The van der Waals surface area contributed by atoms with Gasteiger partial charge in [0, 0.05) is 25.2 Å². The van der Waals surface area contributed by atoms with Crippen LogP contribution in [-0.2, 0) is 10.0 Å². The van der Waals surface area contributed by atoms with Crippen molar-refractivity contribution in [3.05, 3.63) is 41.0 Å². The molecule has 0 aromatic heterocycles. The van der Waals surface area contributed by atoms with Crippen LogP contribution in [0.1, 0.15) is 29.3 Å². The number of nitrogens with one attached hydrogen (secondary N) is 3. The predicted molar refractivity (Wildman–Crippen MR) is 97.2 cm³/mol. The van der Waals surface area contributed by atoms with E-state index in [4.69, 9.17) is 0 Å². The number of halogens is 1. The van der Waals surface area contributed by atoms with Gasteiger partial charge in [-0.1, -0.05) is 24.6 Å². The first-order valence-corrected chi connectivity index (χ1v) is 9.19. The molecule has 134 valence electrons. The zero-order chi connectivity index (χ0) is 16.9. The molecule has 1 aliphatic heterocycles. The lowest BCUT2D eigenvalue weighted by atomic mass is 10.1. The Bertz CT molecular complexity index is 717. The van der Waals surface area contributed by atoms with Crippen LogP contribution in [0.2, 0.25) is 0 Å². The first-order valence-electron chi connectivity index (χ1n) is 7.71. The van der Waals surface area contributed by atoms with Crippen LogP contribution >= 0.6 is 12.4 Å². The van der Waals surface area contributed by atoms with Crippen LogP contribution in [0.15, 0.2) is 34.7 Å². The molecular weight excluding hydrogens is 350 g/mol. The quantitative estimate of drug-likeness (QED) is 0.657. The van der Waals surface area contributed by atoms with Gasteiger partial charge >= 0.3 is 0 Å². The Labute approximate surface area is 149 Å². The van der Waals surface area contributed by atoms with Crippen molar-refractivity contribution in [2.45, 2.75) is 25.2 Å². The van der Waals surface area contributed by atoms with Crippen LogP contribution in [0, 0.1) is 6.92 Å². The molecule has 3 N–H and O–H groups in total. The SMILES string of the molecule is CCNS(=O)(=O)c1ccc(C)c(C(=O)NCC2=CCNCC2)c1.Cl. The van der Waals surface area contributed by atoms with Gasteiger partial charge in [-0.05, 0) is 37.6 Å². The number of hydrogen-bond donors (Lipinski definition) is 3. The van der Waals surface area contributed by atoms with Crippen molar-refractivity contribution >= 4 is 28.3 Å².